The van der Waals surface area contributed by atoms with Crippen molar-refractivity contribution in [3.05, 3.63) is 35.4 Å². The largest absolute Gasteiger partial charge is 0.381 e. The van der Waals surface area contributed by atoms with E-state index in [0.717, 1.165) is 26.2 Å². The van der Waals surface area contributed by atoms with E-state index in [4.69, 9.17) is 4.74 Å². The number of nitrogens with one attached hydrogen (secondary N) is 1. The first kappa shape index (κ1) is 11.6. The molecule has 1 aliphatic heterocycles. The lowest BCUT2D eigenvalue weighted by Gasteiger charge is -2.16. The molecule has 0 radical (unpaired) electrons. The summed E-state index contributed by atoms with van der Waals surface area (Å²) in [6.07, 6.45) is 3.57. The van der Waals surface area contributed by atoms with E-state index < -0.39 is 0 Å². The number of ether oxygens (including phenoxy) is 1. The Bertz CT molecular complexity index is 316. The second-order valence-corrected chi connectivity index (χ2v) is 4.55. The standard InChI is InChI=1S/C14H21NO/c1-12-5-2-3-6-13(12)11-15-14-7-4-9-16-10-8-14/h2-3,5-6,14-15H,4,7-11H2,1H3/t14-/m1/s1. The van der Waals surface area contributed by atoms with E-state index in [2.05, 4.69) is 36.5 Å². The fourth-order valence-electron chi connectivity index (χ4n) is 2.17. The number of rotatable bonds is 3. The molecular weight excluding hydrogens is 198 g/mol. The summed E-state index contributed by atoms with van der Waals surface area (Å²) >= 11 is 0. The first-order valence-electron chi connectivity index (χ1n) is 6.22. The molecule has 0 aliphatic carbocycles. The molecule has 1 aromatic carbocycles. The van der Waals surface area contributed by atoms with E-state index in [1.807, 2.05) is 0 Å². The van der Waals surface area contributed by atoms with Crippen molar-refractivity contribution in [2.24, 2.45) is 0 Å². The third-order valence-corrected chi connectivity index (χ3v) is 3.29. The summed E-state index contributed by atoms with van der Waals surface area (Å²) in [6.45, 7) is 5.00. The molecule has 16 heavy (non-hydrogen) atoms. The van der Waals surface area contributed by atoms with Gasteiger partial charge >= 0.3 is 0 Å². The zero-order chi connectivity index (χ0) is 11.2. The summed E-state index contributed by atoms with van der Waals surface area (Å²) in [6, 6.07) is 9.21. The highest BCUT2D eigenvalue weighted by atomic mass is 16.5. The van der Waals surface area contributed by atoms with Crippen LogP contribution in [0.4, 0.5) is 0 Å². The Labute approximate surface area is 98.0 Å². The second kappa shape index (κ2) is 6.02. The molecule has 0 saturated carbocycles. The normalized spacial score (nSPS) is 21.7. The maximum Gasteiger partial charge on any atom is 0.0480 e. The fourth-order valence-corrected chi connectivity index (χ4v) is 2.17. The molecule has 0 bridgehead atoms. The van der Waals surface area contributed by atoms with E-state index in [1.165, 1.54) is 24.0 Å². The Morgan fingerprint density at radius 3 is 3.00 bits per heavy atom. The first-order chi connectivity index (χ1) is 7.86. The van der Waals surface area contributed by atoms with Gasteiger partial charge in [-0.3, -0.25) is 0 Å². The second-order valence-electron chi connectivity index (χ2n) is 4.55. The summed E-state index contributed by atoms with van der Waals surface area (Å²) in [4.78, 5) is 0. The number of hydrogen-bond donors (Lipinski definition) is 1. The Kier molecular flexibility index (Phi) is 4.37. The van der Waals surface area contributed by atoms with Crippen LogP contribution in [-0.2, 0) is 11.3 Å². The van der Waals surface area contributed by atoms with Gasteiger partial charge in [0.05, 0.1) is 0 Å². The summed E-state index contributed by atoms with van der Waals surface area (Å²) in [7, 11) is 0. The molecular formula is C14H21NO. The molecule has 2 heteroatoms. The molecule has 1 fully saturated rings. The van der Waals surface area contributed by atoms with Crippen molar-refractivity contribution in [1.29, 1.82) is 0 Å². The van der Waals surface area contributed by atoms with E-state index in [1.54, 1.807) is 0 Å². The smallest absolute Gasteiger partial charge is 0.0480 e. The van der Waals surface area contributed by atoms with Gasteiger partial charge in [-0.05, 0) is 37.3 Å². The van der Waals surface area contributed by atoms with E-state index in [0.29, 0.717) is 6.04 Å². The molecule has 1 aliphatic rings. The summed E-state index contributed by atoms with van der Waals surface area (Å²) in [5.74, 6) is 0. The highest BCUT2D eigenvalue weighted by Crippen LogP contribution is 2.11. The van der Waals surface area contributed by atoms with Crippen molar-refractivity contribution in [2.45, 2.75) is 38.8 Å². The number of hydrogen-bond acceptors (Lipinski definition) is 2. The fraction of sp³-hybridized carbons (Fsp3) is 0.571. The van der Waals surface area contributed by atoms with Crippen LogP contribution >= 0.6 is 0 Å². The van der Waals surface area contributed by atoms with Gasteiger partial charge < -0.3 is 10.1 Å². The van der Waals surface area contributed by atoms with Crippen molar-refractivity contribution in [2.75, 3.05) is 13.2 Å². The lowest BCUT2D eigenvalue weighted by Crippen LogP contribution is -2.28. The molecule has 88 valence electrons. The number of aryl methyl sites for hydroxylation is 1. The zero-order valence-corrected chi connectivity index (χ0v) is 10.0. The van der Waals surface area contributed by atoms with Crippen LogP contribution in [0.25, 0.3) is 0 Å². The van der Waals surface area contributed by atoms with Gasteiger partial charge in [0, 0.05) is 25.8 Å². The van der Waals surface area contributed by atoms with Gasteiger partial charge in [0.15, 0.2) is 0 Å². The van der Waals surface area contributed by atoms with Gasteiger partial charge in [0.1, 0.15) is 0 Å². The summed E-state index contributed by atoms with van der Waals surface area (Å²) in [5, 5.41) is 3.64. The Balaban J connectivity index is 1.84. The first-order valence-corrected chi connectivity index (χ1v) is 6.22. The Morgan fingerprint density at radius 1 is 1.25 bits per heavy atom. The monoisotopic (exact) mass is 219 g/mol. The minimum atomic E-state index is 0.627. The van der Waals surface area contributed by atoms with E-state index in [-0.39, 0.29) is 0 Å². The Morgan fingerprint density at radius 2 is 2.12 bits per heavy atom. The molecule has 1 saturated heterocycles. The van der Waals surface area contributed by atoms with Crippen molar-refractivity contribution in [1.82, 2.24) is 5.32 Å². The van der Waals surface area contributed by atoms with Crippen LogP contribution in [0.15, 0.2) is 24.3 Å². The quantitative estimate of drug-likeness (QED) is 0.844. The molecule has 0 spiro atoms. The van der Waals surface area contributed by atoms with Crippen LogP contribution < -0.4 is 5.32 Å². The topological polar surface area (TPSA) is 21.3 Å². The molecule has 1 atom stereocenters. The molecule has 1 N–H and O–H groups in total. The van der Waals surface area contributed by atoms with Gasteiger partial charge in [-0.25, -0.2) is 0 Å². The van der Waals surface area contributed by atoms with Crippen LogP contribution in [0.1, 0.15) is 30.4 Å². The van der Waals surface area contributed by atoms with Crippen LogP contribution in [0.3, 0.4) is 0 Å². The third-order valence-electron chi connectivity index (χ3n) is 3.29. The molecule has 0 aromatic heterocycles. The summed E-state index contributed by atoms with van der Waals surface area (Å²) in [5.41, 5.74) is 2.78. The highest BCUT2D eigenvalue weighted by Gasteiger charge is 2.11. The zero-order valence-electron chi connectivity index (χ0n) is 10.0. The maximum atomic E-state index is 5.46. The van der Waals surface area contributed by atoms with Gasteiger partial charge in [-0.2, -0.15) is 0 Å². The van der Waals surface area contributed by atoms with Crippen molar-refractivity contribution in [3.63, 3.8) is 0 Å². The summed E-state index contributed by atoms with van der Waals surface area (Å²) < 4.78 is 5.46. The van der Waals surface area contributed by atoms with Crippen molar-refractivity contribution in [3.8, 4) is 0 Å². The predicted molar refractivity (Wildman–Crippen MR) is 66.5 cm³/mol. The Hall–Kier alpha value is -0.860. The molecule has 2 nitrogen and oxygen atoms in total. The van der Waals surface area contributed by atoms with E-state index >= 15 is 0 Å². The van der Waals surface area contributed by atoms with E-state index in [9.17, 15) is 0 Å². The molecule has 1 heterocycles. The third kappa shape index (κ3) is 3.32. The molecule has 0 unspecified atom stereocenters. The lowest BCUT2D eigenvalue weighted by atomic mass is 10.1. The van der Waals surface area contributed by atoms with Gasteiger partial charge in [-0.1, -0.05) is 24.3 Å². The minimum absolute atomic E-state index is 0.627. The van der Waals surface area contributed by atoms with Gasteiger partial charge in [0.25, 0.3) is 0 Å². The van der Waals surface area contributed by atoms with Crippen molar-refractivity contribution < 1.29 is 4.74 Å². The van der Waals surface area contributed by atoms with Crippen LogP contribution in [0.5, 0.6) is 0 Å². The average Bonchev–Trinajstić information content (AvgIpc) is 2.56. The SMILES string of the molecule is Cc1ccccc1CN[C@@H]1CCCOCC1. The predicted octanol–water partition coefficient (Wildman–Crippen LogP) is 2.65. The number of benzene rings is 1. The van der Waals surface area contributed by atoms with Crippen LogP contribution in [0.2, 0.25) is 0 Å². The molecule has 0 amide bonds. The van der Waals surface area contributed by atoms with Crippen molar-refractivity contribution >= 4 is 0 Å². The van der Waals surface area contributed by atoms with Crippen LogP contribution in [0, 0.1) is 6.92 Å². The molecule has 2 rings (SSSR count). The van der Waals surface area contributed by atoms with Gasteiger partial charge in [0.2, 0.25) is 0 Å². The van der Waals surface area contributed by atoms with Crippen LogP contribution in [-0.4, -0.2) is 19.3 Å². The maximum absolute atomic E-state index is 5.46. The lowest BCUT2D eigenvalue weighted by molar-refractivity contribution is 0.142. The minimum Gasteiger partial charge on any atom is -0.381 e. The molecule has 1 aromatic rings. The highest BCUT2D eigenvalue weighted by molar-refractivity contribution is 5.25. The van der Waals surface area contributed by atoms with Gasteiger partial charge in [-0.15, -0.1) is 0 Å². The average molecular weight is 219 g/mol.